The third-order valence-corrected chi connectivity index (χ3v) is 3.91. The summed E-state index contributed by atoms with van der Waals surface area (Å²) in [5.41, 5.74) is 0.198. The van der Waals surface area contributed by atoms with Gasteiger partial charge in [-0.25, -0.2) is 4.39 Å². The predicted octanol–water partition coefficient (Wildman–Crippen LogP) is 0.669. The molecule has 1 aromatic carbocycles. The van der Waals surface area contributed by atoms with Gasteiger partial charge in [-0.1, -0.05) is 6.07 Å². The third kappa shape index (κ3) is 2.56. The number of hydrogen-bond donors (Lipinski definition) is 1. The molecule has 23 heavy (non-hydrogen) atoms. The number of carbonyl (C=O) groups is 2. The van der Waals surface area contributed by atoms with E-state index in [1.54, 1.807) is 6.92 Å². The van der Waals surface area contributed by atoms with E-state index in [0.29, 0.717) is 24.7 Å². The lowest BCUT2D eigenvalue weighted by molar-refractivity contribution is -0.126. The number of aryl methyl sites for hydroxylation is 1. The standard InChI is InChI=1S/C15H16FN5O2/c1-9-18-19-13-12(14(22)17-2)21(7-6-20(9)13)15(23)10-4-3-5-11(16)8-10/h3-5,8,12H,6-7H2,1-2H3,(H,17,22). The summed E-state index contributed by atoms with van der Waals surface area (Å²) in [6.45, 7) is 2.60. The van der Waals surface area contributed by atoms with E-state index < -0.39 is 17.8 Å². The Bertz CT molecular complexity index is 773. The van der Waals surface area contributed by atoms with Crippen LogP contribution in [0, 0.1) is 12.7 Å². The van der Waals surface area contributed by atoms with E-state index in [4.69, 9.17) is 0 Å². The summed E-state index contributed by atoms with van der Waals surface area (Å²) >= 11 is 0. The molecular weight excluding hydrogens is 301 g/mol. The van der Waals surface area contributed by atoms with Crippen molar-refractivity contribution in [3.05, 3.63) is 47.3 Å². The van der Waals surface area contributed by atoms with Gasteiger partial charge >= 0.3 is 0 Å². The number of rotatable bonds is 2. The molecule has 2 aromatic rings. The number of fused-ring (bicyclic) bond motifs is 1. The molecule has 120 valence electrons. The molecule has 0 fully saturated rings. The van der Waals surface area contributed by atoms with Crippen LogP contribution in [0.1, 0.15) is 28.0 Å². The first kappa shape index (κ1) is 15.1. The van der Waals surface area contributed by atoms with Crippen LogP contribution < -0.4 is 5.32 Å². The van der Waals surface area contributed by atoms with Crippen molar-refractivity contribution < 1.29 is 14.0 Å². The summed E-state index contributed by atoms with van der Waals surface area (Å²) in [4.78, 5) is 26.4. The Balaban J connectivity index is 2.01. The van der Waals surface area contributed by atoms with Gasteiger partial charge in [-0.15, -0.1) is 10.2 Å². The van der Waals surface area contributed by atoms with E-state index in [1.807, 2.05) is 4.57 Å². The molecule has 2 heterocycles. The molecule has 0 radical (unpaired) electrons. The zero-order valence-electron chi connectivity index (χ0n) is 12.8. The normalized spacial score (nSPS) is 16.8. The Morgan fingerprint density at radius 2 is 2.09 bits per heavy atom. The number of likely N-dealkylation sites (N-methyl/N-ethyl adjacent to an activating group) is 1. The highest BCUT2D eigenvalue weighted by Crippen LogP contribution is 2.26. The maximum Gasteiger partial charge on any atom is 0.255 e. The number of nitrogens with one attached hydrogen (secondary N) is 1. The Morgan fingerprint density at radius 1 is 1.30 bits per heavy atom. The van der Waals surface area contributed by atoms with Crippen LogP contribution in [0.4, 0.5) is 4.39 Å². The van der Waals surface area contributed by atoms with E-state index in [-0.39, 0.29) is 11.5 Å². The second-order valence-electron chi connectivity index (χ2n) is 5.28. The highest BCUT2D eigenvalue weighted by molar-refractivity contribution is 5.97. The van der Waals surface area contributed by atoms with Crippen LogP contribution in [0.15, 0.2) is 24.3 Å². The first-order valence-electron chi connectivity index (χ1n) is 7.20. The molecule has 0 aliphatic carbocycles. The van der Waals surface area contributed by atoms with E-state index in [0.717, 1.165) is 6.07 Å². The predicted molar refractivity (Wildman–Crippen MR) is 79.0 cm³/mol. The molecule has 8 heteroatoms. The highest BCUT2D eigenvalue weighted by atomic mass is 19.1. The molecule has 0 spiro atoms. The lowest BCUT2D eigenvalue weighted by atomic mass is 10.1. The maximum absolute atomic E-state index is 13.4. The minimum absolute atomic E-state index is 0.198. The smallest absolute Gasteiger partial charge is 0.255 e. The van der Waals surface area contributed by atoms with Crippen molar-refractivity contribution in [2.75, 3.05) is 13.6 Å². The molecule has 1 aliphatic rings. The van der Waals surface area contributed by atoms with Crippen molar-refractivity contribution in [3.8, 4) is 0 Å². The fourth-order valence-electron chi connectivity index (χ4n) is 2.75. The number of nitrogens with zero attached hydrogens (tertiary/aromatic N) is 4. The monoisotopic (exact) mass is 317 g/mol. The fourth-order valence-corrected chi connectivity index (χ4v) is 2.75. The minimum atomic E-state index is -0.884. The van der Waals surface area contributed by atoms with Crippen molar-refractivity contribution in [1.29, 1.82) is 0 Å². The lowest BCUT2D eigenvalue weighted by Crippen LogP contribution is -2.48. The summed E-state index contributed by atoms with van der Waals surface area (Å²) in [5.74, 6) is -0.166. The van der Waals surface area contributed by atoms with Gasteiger partial charge in [0.15, 0.2) is 11.9 Å². The second-order valence-corrected chi connectivity index (χ2v) is 5.28. The van der Waals surface area contributed by atoms with Crippen molar-refractivity contribution in [2.45, 2.75) is 19.5 Å². The van der Waals surface area contributed by atoms with Crippen molar-refractivity contribution in [1.82, 2.24) is 25.0 Å². The maximum atomic E-state index is 13.4. The van der Waals surface area contributed by atoms with Gasteiger partial charge in [-0.3, -0.25) is 9.59 Å². The van der Waals surface area contributed by atoms with Crippen LogP contribution in [0.25, 0.3) is 0 Å². The molecule has 1 aromatic heterocycles. The van der Waals surface area contributed by atoms with Gasteiger partial charge in [0.1, 0.15) is 11.6 Å². The van der Waals surface area contributed by atoms with Crippen LogP contribution in [-0.4, -0.2) is 45.1 Å². The molecule has 2 amide bonds. The topological polar surface area (TPSA) is 80.1 Å². The molecule has 0 bridgehead atoms. The van der Waals surface area contributed by atoms with Gasteiger partial charge in [0.25, 0.3) is 11.8 Å². The van der Waals surface area contributed by atoms with Crippen molar-refractivity contribution >= 4 is 11.8 Å². The Morgan fingerprint density at radius 3 is 2.78 bits per heavy atom. The molecule has 3 rings (SSSR count). The number of benzene rings is 1. The SMILES string of the molecule is CNC(=O)C1c2nnc(C)n2CCN1C(=O)c1cccc(F)c1. The van der Waals surface area contributed by atoms with Crippen LogP contribution >= 0.6 is 0 Å². The second kappa shape index (κ2) is 5.79. The number of halogens is 1. The summed E-state index contributed by atoms with van der Waals surface area (Å²) in [7, 11) is 1.50. The summed E-state index contributed by atoms with van der Waals surface area (Å²) < 4.78 is 15.2. The number of carbonyl (C=O) groups excluding carboxylic acids is 2. The summed E-state index contributed by atoms with van der Waals surface area (Å²) in [6.07, 6.45) is 0. The Labute approximate surface area is 132 Å². The minimum Gasteiger partial charge on any atom is -0.357 e. The molecule has 1 unspecified atom stereocenters. The van der Waals surface area contributed by atoms with Gasteiger partial charge in [-0.05, 0) is 25.1 Å². The van der Waals surface area contributed by atoms with Crippen LogP contribution in [0.3, 0.4) is 0 Å². The van der Waals surface area contributed by atoms with Gasteiger partial charge in [0.2, 0.25) is 0 Å². The van der Waals surface area contributed by atoms with Gasteiger partial charge in [-0.2, -0.15) is 0 Å². The van der Waals surface area contributed by atoms with E-state index >= 15 is 0 Å². The average molecular weight is 317 g/mol. The molecule has 0 saturated heterocycles. The molecule has 1 atom stereocenters. The lowest BCUT2D eigenvalue weighted by Gasteiger charge is -2.34. The Hall–Kier alpha value is -2.77. The van der Waals surface area contributed by atoms with Crippen LogP contribution in [0.5, 0.6) is 0 Å². The van der Waals surface area contributed by atoms with Gasteiger partial charge < -0.3 is 14.8 Å². The zero-order valence-corrected chi connectivity index (χ0v) is 12.8. The average Bonchev–Trinajstić information content (AvgIpc) is 2.94. The number of hydrogen-bond acceptors (Lipinski definition) is 4. The summed E-state index contributed by atoms with van der Waals surface area (Å²) in [5, 5.41) is 10.6. The molecule has 7 nitrogen and oxygen atoms in total. The zero-order chi connectivity index (χ0) is 16.6. The van der Waals surface area contributed by atoms with Gasteiger partial charge in [0.05, 0.1) is 0 Å². The fraction of sp³-hybridized carbons (Fsp3) is 0.333. The number of aromatic nitrogens is 3. The first-order chi connectivity index (χ1) is 11.0. The van der Waals surface area contributed by atoms with E-state index in [9.17, 15) is 14.0 Å². The van der Waals surface area contributed by atoms with Crippen molar-refractivity contribution in [2.24, 2.45) is 0 Å². The van der Waals surface area contributed by atoms with Crippen molar-refractivity contribution in [3.63, 3.8) is 0 Å². The molecule has 1 aliphatic heterocycles. The molecule has 0 saturated carbocycles. The van der Waals surface area contributed by atoms with E-state index in [2.05, 4.69) is 15.5 Å². The van der Waals surface area contributed by atoms with E-state index in [1.165, 1.54) is 30.1 Å². The quantitative estimate of drug-likeness (QED) is 0.883. The Kier molecular flexibility index (Phi) is 3.81. The van der Waals surface area contributed by atoms with Crippen LogP contribution in [0.2, 0.25) is 0 Å². The molecule has 1 N–H and O–H groups in total. The largest absolute Gasteiger partial charge is 0.357 e. The van der Waals surface area contributed by atoms with Gasteiger partial charge in [0, 0.05) is 25.7 Å². The molecular formula is C15H16FN5O2. The third-order valence-electron chi connectivity index (χ3n) is 3.91. The van der Waals surface area contributed by atoms with Crippen LogP contribution in [-0.2, 0) is 11.3 Å². The highest BCUT2D eigenvalue weighted by Gasteiger charge is 2.38. The first-order valence-corrected chi connectivity index (χ1v) is 7.20. The number of amides is 2. The summed E-state index contributed by atoms with van der Waals surface area (Å²) in [6, 6.07) is 4.54.